The highest BCUT2D eigenvalue weighted by Gasteiger charge is 2.39. The van der Waals surface area contributed by atoms with E-state index >= 15 is 0 Å². The minimum absolute atomic E-state index is 0.0862. The number of rotatable bonds is 6. The summed E-state index contributed by atoms with van der Waals surface area (Å²) in [7, 11) is 0. The lowest BCUT2D eigenvalue weighted by molar-refractivity contribution is -0.150. The molecule has 37 heavy (non-hydrogen) atoms. The number of ether oxygens (including phenoxy) is 1. The Morgan fingerprint density at radius 3 is 2.54 bits per heavy atom. The van der Waals surface area contributed by atoms with Gasteiger partial charge in [0.05, 0.1) is 6.61 Å². The molecular weight excluding hydrogens is 482 g/mol. The van der Waals surface area contributed by atoms with Crippen LogP contribution in [0.4, 0.5) is 11.4 Å². The van der Waals surface area contributed by atoms with E-state index in [1.807, 2.05) is 0 Å². The summed E-state index contributed by atoms with van der Waals surface area (Å²) >= 11 is 0. The van der Waals surface area contributed by atoms with Crippen LogP contribution < -0.4 is 16.0 Å². The van der Waals surface area contributed by atoms with Crippen molar-refractivity contribution >= 4 is 29.1 Å². The lowest BCUT2D eigenvalue weighted by atomic mass is 10.1. The lowest BCUT2D eigenvalue weighted by Gasteiger charge is -2.34. The molecule has 0 spiro atoms. The zero-order valence-electron chi connectivity index (χ0n) is 19.8. The predicted octanol–water partition coefficient (Wildman–Crippen LogP) is 0.997. The number of aliphatic hydroxyl groups excluding tert-OH is 1. The zero-order valence-corrected chi connectivity index (χ0v) is 19.8. The van der Waals surface area contributed by atoms with Crippen molar-refractivity contribution in [1.82, 2.24) is 15.0 Å². The van der Waals surface area contributed by atoms with Gasteiger partial charge in [0.2, 0.25) is 0 Å². The van der Waals surface area contributed by atoms with Crippen molar-refractivity contribution in [2.45, 2.75) is 25.0 Å². The quantitative estimate of drug-likeness (QED) is 0.446. The SMILES string of the molecule is O=C(Nc1ccc(-c2noc(=O)[nH]2)cc1)C(O)C1OCCN(c2cccc(C(=O)N3CCCC3)c2)C1=O. The molecule has 1 aromatic heterocycles. The molecule has 2 fully saturated rings. The number of aromatic amines is 1. The van der Waals surface area contributed by atoms with Crippen LogP contribution in [0.1, 0.15) is 23.2 Å². The van der Waals surface area contributed by atoms with Gasteiger partial charge in [-0.05, 0) is 55.3 Å². The van der Waals surface area contributed by atoms with E-state index in [4.69, 9.17) is 4.74 Å². The van der Waals surface area contributed by atoms with E-state index in [2.05, 4.69) is 20.0 Å². The molecule has 2 saturated heterocycles. The van der Waals surface area contributed by atoms with Crippen LogP contribution in [-0.2, 0) is 14.3 Å². The lowest BCUT2D eigenvalue weighted by Crippen LogP contribution is -2.55. The van der Waals surface area contributed by atoms with Crippen LogP contribution in [0.5, 0.6) is 0 Å². The molecule has 12 heteroatoms. The Bertz CT molecular complexity index is 1360. The van der Waals surface area contributed by atoms with Crippen molar-refractivity contribution in [1.29, 1.82) is 0 Å². The van der Waals surface area contributed by atoms with E-state index in [9.17, 15) is 24.3 Å². The molecule has 12 nitrogen and oxygen atoms in total. The zero-order chi connectivity index (χ0) is 25.9. The summed E-state index contributed by atoms with van der Waals surface area (Å²) in [4.78, 5) is 55.4. The van der Waals surface area contributed by atoms with Crippen LogP contribution in [0.3, 0.4) is 0 Å². The minimum Gasteiger partial charge on any atom is -0.380 e. The van der Waals surface area contributed by atoms with Crippen LogP contribution in [0.2, 0.25) is 0 Å². The van der Waals surface area contributed by atoms with Crippen molar-refractivity contribution in [3.05, 3.63) is 64.6 Å². The van der Waals surface area contributed by atoms with Crippen LogP contribution in [0, 0.1) is 0 Å². The molecule has 0 bridgehead atoms. The average molecular weight is 508 g/mol. The number of nitrogens with one attached hydrogen (secondary N) is 2. The molecule has 0 aliphatic carbocycles. The van der Waals surface area contributed by atoms with Crippen LogP contribution in [-0.4, -0.2) is 76.3 Å². The number of H-pyrrole nitrogens is 1. The second-order valence-corrected chi connectivity index (χ2v) is 8.79. The van der Waals surface area contributed by atoms with Gasteiger partial charge in [-0.1, -0.05) is 11.2 Å². The van der Waals surface area contributed by atoms with Gasteiger partial charge in [-0.3, -0.25) is 23.9 Å². The van der Waals surface area contributed by atoms with Gasteiger partial charge in [-0.25, -0.2) is 4.79 Å². The van der Waals surface area contributed by atoms with Crippen molar-refractivity contribution in [3.8, 4) is 11.4 Å². The number of benzene rings is 2. The first kappa shape index (κ1) is 24.4. The molecule has 2 aromatic carbocycles. The molecule has 2 aliphatic rings. The fourth-order valence-corrected chi connectivity index (χ4v) is 4.42. The van der Waals surface area contributed by atoms with Crippen molar-refractivity contribution in [2.24, 2.45) is 0 Å². The van der Waals surface area contributed by atoms with E-state index in [-0.39, 0.29) is 24.9 Å². The fourth-order valence-electron chi connectivity index (χ4n) is 4.42. The normalized spacial score (nSPS) is 18.6. The van der Waals surface area contributed by atoms with Crippen LogP contribution in [0.15, 0.2) is 57.8 Å². The van der Waals surface area contributed by atoms with Gasteiger partial charge >= 0.3 is 5.76 Å². The van der Waals surface area contributed by atoms with Gasteiger partial charge in [0, 0.05) is 42.1 Å². The highest BCUT2D eigenvalue weighted by molar-refractivity contribution is 6.04. The highest BCUT2D eigenvalue weighted by Crippen LogP contribution is 2.24. The summed E-state index contributed by atoms with van der Waals surface area (Å²) in [6.45, 7) is 1.75. The van der Waals surface area contributed by atoms with E-state index in [1.54, 1.807) is 53.4 Å². The maximum absolute atomic E-state index is 13.2. The number of aliphatic hydroxyl groups is 1. The first-order valence-electron chi connectivity index (χ1n) is 11.9. The van der Waals surface area contributed by atoms with E-state index < -0.39 is 29.8 Å². The number of anilines is 2. The summed E-state index contributed by atoms with van der Waals surface area (Å²) in [5.41, 5.74) is 1.88. The molecule has 192 valence electrons. The van der Waals surface area contributed by atoms with Crippen molar-refractivity contribution < 1.29 is 28.8 Å². The molecule has 2 atom stereocenters. The Balaban J connectivity index is 1.25. The van der Waals surface area contributed by atoms with E-state index in [1.165, 1.54) is 4.90 Å². The maximum Gasteiger partial charge on any atom is 0.439 e. The Morgan fingerprint density at radius 2 is 1.84 bits per heavy atom. The number of carbonyl (C=O) groups is 3. The smallest absolute Gasteiger partial charge is 0.380 e. The molecule has 2 unspecified atom stereocenters. The fraction of sp³-hybridized carbons (Fsp3) is 0.320. The first-order chi connectivity index (χ1) is 17.9. The highest BCUT2D eigenvalue weighted by atomic mass is 16.5. The number of nitrogens with zero attached hydrogens (tertiary/aromatic N) is 3. The van der Waals surface area contributed by atoms with E-state index in [0.29, 0.717) is 35.6 Å². The number of hydrogen-bond acceptors (Lipinski definition) is 8. The van der Waals surface area contributed by atoms with Gasteiger partial charge in [-0.2, -0.15) is 0 Å². The molecule has 3 amide bonds. The molecule has 5 rings (SSSR count). The summed E-state index contributed by atoms with van der Waals surface area (Å²) in [5.74, 6) is -1.94. The second kappa shape index (κ2) is 10.4. The van der Waals surface area contributed by atoms with Gasteiger partial charge < -0.3 is 25.0 Å². The first-order valence-corrected chi connectivity index (χ1v) is 11.9. The predicted molar refractivity (Wildman–Crippen MR) is 131 cm³/mol. The largest absolute Gasteiger partial charge is 0.439 e. The number of morpholine rings is 1. The third-order valence-corrected chi connectivity index (χ3v) is 6.34. The molecule has 3 aromatic rings. The average Bonchev–Trinajstić information content (AvgIpc) is 3.61. The molecule has 2 aliphatic heterocycles. The number of hydrogen-bond donors (Lipinski definition) is 3. The minimum atomic E-state index is -1.77. The Morgan fingerprint density at radius 1 is 1.08 bits per heavy atom. The van der Waals surface area contributed by atoms with Crippen molar-refractivity contribution in [2.75, 3.05) is 36.5 Å². The van der Waals surface area contributed by atoms with Gasteiger partial charge in [0.1, 0.15) is 0 Å². The Hall–Kier alpha value is -4.29. The molecule has 0 radical (unpaired) electrons. The Labute approximate surface area is 210 Å². The third kappa shape index (κ3) is 5.15. The summed E-state index contributed by atoms with van der Waals surface area (Å²) in [6.07, 6.45) is -1.23. The Kier molecular flexibility index (Phi) is 6.84. The standard InChI is InChI=1S/C25H25N5O7/c31-19(22(32)26-17-8-6-15(7-9-17)21-27-25(35)37-28-21)20-24(34)30(12-13-36-20)18-5-3-4-16(14-18)23(33)29-10-1-2-11-29/h3-9,14,19-20,31H,1-2,10-13H2,(H,26,32)(H,27,28,35). The summed E-state index contributed by atoms with van der Waals surface area (Å²) in [6, 6.07) is 13.1. The van der Waals surface area contributed by atoms with Crippen LogP contribution in [0.25, 0.3) is 11.4 Å². The number of amides is 3. The molecule has 3 N–H and O–H groups in total. The monoisotopic (exact) mass is 507 g/mol. The summed E-state index contributed by atoms with van der Waals surface area (Å²) in [5, 5.41) is 16.8. The number of carbonyl (C=O) groups excluding carboxylic acids is 3. The molecular formula is C25H25N5O7. The van der Waals surface area contributed by atoms with Gasteiger partial charge in [-0.15, -0.1) is 0 Å². The molecule has 0 saturated carbocycles. The molecule has 3 heterocycles. The van der Waals surface area contributed by atoms with E-state index in [0.717, 1.165) is 12.8 Å². The van der Waals surface area contributed by atoms with Gasteiger partial charge in [0.15, 0.2) is 18.0 Å². The summed E-state index contributed by atoms with van der Waals surface area (Å²) < 4.78 is 9.94. The number of aromatic nitrogens is 2. The second-order valence-electron chi connectivity index (χ2n) is 8.79. The third-order valence-electron chi connectivity index (χ3n) is 6.34. The topological polar surface area (TPSA) is 158 Å². The maximum atomic E-state index is 13.2. The van der Waals surface area contributed by atoms with Crippen LogP contribution >= 0.6 is 0 Å². The van der Waals surface area contributed by atoms with Crippen molar-refractivity contribution in [3.63, 3.8) is 0 Å². The van der Waals surface area contributed by atoms with Gasteiger partial charge in [0.25, 0.3) is 17.7 Å². The number of likely N-dealkylation sites (tertiary alicyclic amines) is 1.